The minimum Gasteiger partial charge on any atom is -0.481 e. The van der Waals surface area contributed by atoms with Gasteiger partial charge in [0.15, 0.2) is 0 Å². The van der Waals surface area contributed by atoms with E-state index in [0.29, 0.717) is 12.3 Å². The smallest absolute Gasteiger partial charge is 0.303 e. The molecule has 0 aliphatic rings. The van der Waals surface area contributed by atoms with Gasteiger partial charge in [0, 0.05) is 6.42 Å². The number of carbonyl (C=O) groups is 1. The van der Waals surface area contributed by atoms with Gasteiger partial charge >= 0.3 is 5.97 Å². The molecule has 3 nitrogen and oxygen atoms in total. The lowest BCUT2D eigenvalue weighted by Crippen LogP contribution is -2.18. The Morgan fingerprint density at radius 2 is 2.15 bits per heavy atom. The molecule has 13 heavy (non-hydrogen) atoms. The van der Waals surface area contributed by atoms with Crippen molar-refractivity contribution in [2.24, 2.45) is 5.92 Å². The average Bonchev–Trinajstić information content (AvgIpc) is 2.10. The summed E-state index contributed by atoms with van der Waals surface area (Å²) in [4.78, 5) is 10.2. The van der Waals surface area contributed by atoms with Gasteiger partial charge < -0.3 is 10.4 Å². The highest BCUT2D eigenvalue weighted by atomic mass is 16.4. The molecule has 1 unspecified atom stereocenters. The zero-order valence-electron chi connectivity index (χ0n) is 8.68. The second kappa shape index (κ2) is 8.05. The number of hydrogen-bond donors (Lipinski definition) is 2. The molecule has 0 aliphatic heterocycles. The second-order valence-electron chi connectivity index (χ2n) is 3.47. The molecule has 0 spiro atoms. The molecule has 0 aliphatic carbocycles. The van der Waals surface area contributed by atoms with Crippen LogP contribution in [-0.2, 0) is 4.79 Å². The molecule has 0 aromatic carbocycles. The summed E-state index contributed by atoms with van der Waals surface area (Å²) in [6, 6.07) is 0. The quantitative estimate of drug-likeness (QED) is 0.570. The van der Waals surface area contributed by atoms with E-state index in [1.165, 1.54) is 6.42 Å². The number of unbranched alkanes of at least 4 members (excludes halogenated alkanes) is 1. The lowest BCUT2D eigenvalue weighted by atomic mass is 9.99. The summed E-state index contributed by atoms with van der Waals surface area (Å²) in [5.41, 5.74) is 0. The van der Waals surface area contributed by atoms with Gasteiger partial charge in [-0.1, -0.05) is 19.8 Å². The third-order valence-electron chi connectivity index (χ3n) is 2.32. The van der Waals surface area contributed by atoms with Crippen molar-refractivity contribution in [2.45, 2.75) is 39.0 Å². The summed E-state index contributed by atoms with van der Waals surface area (Å²) in [7, 11) is 1.96. The fraction of sp³-hybridized carbons (Fsp3) is 0.900. The van der Waals surface area contributed by atoms with E-state index in [9.17, 15) is 4.79 Å². The first kappa shape index (κ1) is 12.4. The van der Waals surface area contributed by atoms with E-state index in [1.54, 1.807) is 0 Å². The van der Waals surface area contributed by atoms with Gasteiger partial charge in [0.05, 0.1) is 0 Å². The molecule has 0 fully saturated rings. The summed E-state index contributed by atoms with van der Waals surface area (Å²) in [5, 5.41) is 11.6. The zero-order valence-corrected chi connectivity index (χ0v) is 8.68. The predicted octanol–water partition coefficient (Wildman–Crippen LogP) is 1.88. The fourth-order valence-electron chi connectivity index (χ4n) is 1.45. The molecule has 0 heterocycles. The van der Waals surface area contributed by atoms with E-state index >= 15 is 0 Å². The van der Waals surface area contributed by atoms with E-state index in [-0.39, 0.29) is 0 Å². The zero-order chi connectivity index (χ0) is 10.1. The molecule has 0 rings (SSSR count). The topological polar surface area (TPSA) is 49.3 Å². The van der Waals surface area contributed by atoms with Crippen LogP contribution in [0.2, 0.25) is 0 Å². The van der Waals surface area contributed by atoms with Crippen molar-refractivity contribution in [3.63, 3.8) is 0 Å². The molecule has 0 radical (unpaired) electrons. The monoisotopic (exact) mass is 187 g/mol. The Balaban J connectivity index is 3.32. The van der Waals surface area contributed by atoms with Crippen LogP contribution in [0.5, 0.6) is 0 Å². The molecule has 2 N–H and O–H groups in total. The SMILES string of the molecule is CCC(CCCCC(=O)O)CNC. The van der Waals surface area contributed by atoms with Gasteiger partial charge in [-0.25, -0.2) is 0 Å². The van der Waals surface area contributed by atoms with Crippen molar-refractivity contribution in [3.8, 4) is 0 Å². The minimum absolute atomic E-state index is 0.315. The third kappa shape index (κ3) is 7.78. The Kier molecular flexibility index (Phi) is 7.69. The van der Waals surface area contributed by atoms with Crippen molar-refractivity contribution in [1.29, 1.82) is 0 Å². The van der Waals surface area contributed by atoms with Crippen LogP contribution in [0.25, 0.3) is 0 Å². The van der Waals surface area contributed by atoms with Crippen LogP contribution in [0.4, 0.5) is 0 Å². The second-order valence-corrected chi connectivity index (χ2v) is 3.47. The van der Waals surface area contributed by atoms with Crippen LogP contribution in [0.1, 0.15) is 39.0 Å². The van der Waals surface area contributed by atoms with Crippen molar-refractivity contribution in [2.75, 3.05) is 13.6 Å². The van der Waals surface area contributed by atoms with Crippen molar-refractivity contribution in [3.05, 3.63) is 0 Å². The molecule has 0 saturated heterocycles. The molecule has 0 saturated carbocycles. The van der Waals surface area contributed by atoms with Crippen LogP contribution >= 0.6 is 0 Å². The molecular formula is C10H21NO2. The Hall–Kier alpha value is -0.570. The molecule has 1 atom stereocenters. The fourth-order valence-corrected chi connectivity index (χ4v) is 1.45. The first-order valence-electron chi connectivity index (χ1n) is 5.07. The van der Waals surface area contributed by atoms with E-state index in [2.05, 4.69) is 12.2 Å². The Morgan fingerprint density at radius 1 is 1.46 bits per heavy atom. The van der Waals surface area contributed by atoms with Gasteiger partial charge in [0.1, 0.15) is 0 Å². The van der Waals surface area contributed by atoms with Gasteiger partial charge in [-0.3, -0.25) is 4.79 Å². The molecule has 0 aromatic heterocycles. The van der Waals surface area contributed by atoms with Gasteiger partial charge in [-0.2, -0.15) is 0 Å². The maximum atomic E-state index is 10.2. The molecule has 3 heteroatoms. The van der Waals surface area contributed by atoms with E-state index < -0.39 is 5.97 Å². The summed E-state index contributed by atoms with van der Waals surface area (Å²) in [6.45, 7) is 3.22. The van der Waals surface area contributed by atoms with Crippen molar-refractivity contribution in [1.82, 2.24) is 5.32 Å². The lowest BCUT2D eigenvalue weighted by Gasteiger charge is -2.13. The van der Waals surface area contributed by atoms with Crippen LogP contribution in [0.15, 0.2) is 0 Å². The number of carboxylic acid groups (broad SMARTS) is 1. The Bertz CT molecular complexity index is 137. The van der Waals surface area contributed by atoms with E-state index in [0.717, 1.165) is 25.8 Å². The summed E-state index contributed by atoms with van der Waals surface area (Å²) in [5.74, 6) is 0.0282. The number of rotatable bonds is 8. The minimum atomic E-state index is -0.679. The van der Waals surface area contributed by atoms with Gasteiger partial charge in [-0.15, -0.1) is 0 Å². The predicted molar refractivity (Wildman–Crippen MR) is 53.8 cm³/mol. The number of hydrogen-bond acceptors (Lipinski definition) is 2. The first-order chi connectivity index (χ1) is 6.20. The molecule has 0 aromatic rings. The lowest BCUT2D eigenvalue weighted by molar-refractivity contribution is -0.137. The maximum absolute atomic E-state index is 10.2. The number of nitrogens with one attached hydrogen (secondary N) is 1. The van der Waals surface area contributed by atoms with Crippen LogP contribution in [0, 0.1) is 5.92 Å². The summed E-state index contributed by atoms with van der Waals surface area (Å²) < 4.78 is 0. The van der Waals surface area contributed by atoms with E-state index in [1.807, 2.05) is 7.05 Å². The Morgan fingerprint density at radius 3 is 2.62 bits per heavy atom. The third-order valence-corrected chi connectivity index (χ3v) is 2.32. The summed E-state index contributed by atoms with van der Waals surface area (Å²) >= 11 is 0. The normalized spacial score (nSPS) is 12.8. The van der Waals surface area contributed by atoms with Gasteiger partial charge in [0.2, 0.25) is 0 Å². The van der Waals surface area contributed by atoms with Crippen LogP contribution < -0.4 is 5.32 Å². The largest absolute Gasteiger partial charge is 0.481 e. The van der Waals surface area contributed by atoms with Crippen molar-refractivity contribution >= 4 is 5.97 Å². The number of aliphatic carboxylic acids is 1. The molecule has 0 bridgehead atoms. The number of carboxylic acids is 1. The van der Waals surface area contributed by atoms with E-state index in [4.69, 9.17) is 5.11 Å². The highest BCUT2D eigenvalue weighted by molar-refractivity contribution is 5.66. The van der Waals surface area contributed by atoms with Crippen molar-refractivity contribution < 1.29 is 9.90 Å². The standard InChI is InChI=1S/C10H21NO2/c1-3-9(8-11-2)6-4-5-7-10(12)13/h9,11H,3-8H2,1-2H3,(H,12,13). The molecular weight excluding hydrogens is 166 g/mol. The summed E-state index contributed by atoms with van der Waals surface area (Å²) in [6.07, 6.45) is 4.48. The molecule has 0 amide bonds. The average molecular weight is 187 g/mol. The van der Waals surface area contributed by atoms with Crippen LogP contribution in [-0.4, -0.2) is 24.7 Å². The van der Waals surface area contributed by atoms with Crippen LogP contribution in [0.3, 0.4) is 0 Å². The highest BCUT2D eigenvalue weighted by Gasteiger charge is 2.04. The molecule has 78 valence electrons. The Labute approximate surface area is 80.5 Å². The maximum Gasteiger partial charge on any atom is 0.303 e. The van der Waals surface area contributed by atoms with Gasteiger partial charge in [0.25, 0.3) is 0 Å². The van der Waals surface area contributed by atoms with Gasteiger partial charge in [-0.05, 0) is 32.4 Å². The first-order valence-corrected chi connectivity index (χ1v) is 5.07. The highest BCUT2D eigenvalue weighted by Crippen LogP contribution is 2.12.